The smallest absolute Gasteiger partial charge is 0.408 e. The van der Waals surface area contributed by atoms with E-state index in [2.05, 4.69) is 5.32 Å². The number of amides is 1. The normalized spacial score (nSPS) is 13.0. The summed E-state index contributed by atoms with van der Waals surface area (Å²) in [7, 11) is 0. The maximum atomic E-state index is 11.8. The van der Waals surface area contributed by atoms with Crippen molar-refractivity contribution in [2.75, 3.05) is 6.61 Å². The Balaban J connectivity index is 4.49. The van der Waals surface area contributed by atoms with E-state index in [1.54, 1.807) is 34.6 Å². The summed E-state index contributed by atoms with van der Waals surface area (Å²) in [6.07, 6.45) is -0.227. The van der Waals surface area contributed by atoms with Crippen molar-refractivity contribution < 1.29 is 24.2 Å². The van der Waals surface area contributed by atoms with E-state index in [0.717, 1.165) is 0 Å². The van der Waals surface area contributed by atoms with Crippen LogP contribution in [0.4, 0.5) is 4.79 Å². The van der Waals surface area contributed by atoms with Crippen LogP contribution in [0.5, 0.6) is 0 Å². The number of carbonyl (C=O) groups excluding carboxylic acids is 2. The van der Waals surface area contributed by atoms with Crippen LogP contribution in [0.2, 0.25) is 0 Å². The number of carbonyl (C=O) groups is 2. The first-order valence-electron chi connectivity index (χ1n) is 6.46. The molecule has 2 N–H and O–H groups in total. The van der Waals surface area contributed by atoms with Gasteiger partial charge in [-0.2, -0.15) is 0 Å². The lowest BCUT2D eigenvalue weighted by atomic mass is 10.1. The van der Waals surface area contributed by atoms with Crippen molar-refractivity contribution in [1.29, 1.82) is 0 Å². The van der Waals surface area contributed by atoms with Gasteiger partial charge in [0.15, 0.2) is 0 Å². The zero-order chi connectivity index (χ0) is 15.1. The highest BCUT2D eigenvalue weighted by molar-refractivity contribution is 5.81. The van der Waals surface area contributed by atoms with Crippen molar-refractivity contribution >= 4 is 12.1 Å². The van der Waals surface area contributed by atoms with Crippen LogP contribution in [0.25, 0.3) is 0 Å². The quantitative estimate of drug-likeness (QED) is 0.719. The van der Waals surface area contributed by atoms with Crippen molar-refractivity contribution in [2.24, 2.45) is 0 Å². The van der Waals surface area contributed by atoms with Gasteiger partial charge in [-0.05, 0) is 47.5 Å². The van der Waals surface area contributed by atoms with E-state index in [-0.39, 0.29) is 12.7 Å². The van der Waals surface area contributed by atoms with Crippen molar-refractivity contribution in [3.63, 3.8) is 0 Å². The Hall–Kier alpha value is -1.30. The lowest BCUT2D eigenvalue weighted by Gasteiger charge is -2.23. The second kappa shape index (κ2) is 7.99. The molecule has 1 amide bonds. The summed E-state index contributed by atoms with van der Waals surface area (Å²) >= 11 is 0. The lowest BCUT2D eigenvalue weighted by Crippen LogP contribution is -2.44. The van der Waals surface area contributed by atoms with Gasteiger partial charge in [-0.1, -0.05) is 0 Å². The maximum absolute atomic E-state index is 11.8. The fourth-order valence-corrected chi connectivity index (χ4v) is 1.31. The SMILES string of the molecule is CC(C)OC(=O)C(CCCO)NC(=O)OC(C)(C)C. The van der Waals surface area contributed by atoms with Gasteiger partial charge in [-0.15, -0.1) is 0 Å². The number of ether oxygens (including phenoxy) is 2. The molecule has 0 aliphatic rings. The van der Waals surface area contributed by atoms with Gasteiger partial charge in [0.05, 0.1) is 6.10 Å². The Morgan fingerprint density at radius 2 is 1.84 bits per heavy atom. The molecular formula is C13H25NO5. The third-order valence-electron chi connectivity index (χ3n) is 1.98. The van der Waals surface area contributed by atoms with Gasteiger partial charge in [0.1, 0.15) is 11.6 Å². The Morgan fingerprint density at radius 3 is 2.26 bits per heavy atom. The zero-order valence-corrected chi connectivity index (χ0v) is 12.4. The van der Waals surface area contributed by atoms with Gasteiger partial charge >= 0.3 is 12.1 Å². The summed E-state index contributed by atoms with van der Waals surface area (Å²) < 4.78 is 10.1. The molecule has 0 saturated heterocycles. The summed E-state index contributed by atoms with van der Waals surface area (Å²) in [6, 6.07) is -0.801. The molecule has 0 fully saturated rings. The number of esters is 1. The summed E-state index contributed by atoms with van der Waals surface area (Å²) in [5.74, 6) is -0.519. The summed E-state index contributed by atoms with van der Waals surface area (Å²) in [5.41, 5.74) is -0.631. The molecule has 0 rings (SSSR count). The first-order valence-corrected chi connectivity index (χ1v) is 6.46. The molecule has 112 valence electrons. The zero-order valence-electron chi connectivity index (χ0n) is 12.4. The molecule has 0 aliphatic heterocycles. The lowest BCUT2D eigenvalue weighted by molar-refractivity contribution is -0.150. The van der Waals surface area contributed by atoms with E-state index < -0.39 is 23.7 Å². The molecule has 0 radical (unpaired) electrons. The highest BCUT2D eigenvalue weighted by Gasteiger charge is 2.25. The van der Waals surface area contributed by atoms with Gasteiger partial charge in [-0.25, -0.2) is 9.59 Å². The summed E-state index contributed by atoms with van der Waals surface area (Å²) in [6.45, 7) is 8.62. The Bertz CT molecular complexity index is 296. The molecule has 6 heteroatoms. The van der Waals surface area contributed by atoms with E-state index >= 15 is 0 Å². The predicted molar refractivity (Wildman–Crippen MR) is 70.7 cm³/mol. The number of alkyl carbamates (subject to hydrolysis) is 1. The molecule has 1 atom stereocenters. The first kappa shape index (κ1) is 17.7. The van der Waals surface area contributed by atoms with Crippen LogP contribution >= 0.6 is 0 Å². The second-order valence-corrected chi connectivity index (χ2v) is 5.55. The standard InChI is InChI=1S/C13H25NO5/c1-9(2)18-11(16)10(7-6-8-15)14-12(17)19-13(3,4)5/h9-10,15H,6-8H2,1-5H3,(H,14,17). The number of nitrogens with one attached hydrogen (secondary N) is 1. The maximum Gasteiger partial charge on any atom is 0.408 e. The fourth-order valence-electron chi connectivity index (χ4n) is 1.31. The monoisotopic (exact) mass is 275 g/mol. The molecule has 19 heavy (non-hydrogen) atoms. The molecule has 6 nitrogen and oxygen atoms in total. The van der Waals surface area contributed by atoms with Crippen LogP contribution in [0.3, 0.4) is 0 Å². The topological polar surface area (TPSA) is 84.9 Å². The van der Waals surface area contributed by atoms with Crippen LogP contribution in [0.15, 0.2) is 0 Å². The average Bonchev–Trinajstić information content (AvgIpc) is 2.20. The molecule has 0 heterocycles. The molecule has 0 saturated carbocycles. The number of aliphatic hydroxyl groups excluding tert-OH is 1. The van der Waals surface area contributed by atoms with Crippen LogP contribution in [-0.4, -0.2) is 41.5 Å². The van der Waals surface area contributed by atoms with E-state index in [1.807, 2.05) is 0 Å². The van der Waals surface area contributed by atoms with Crippen molar-refractivity contribution in [3.8, 4) is 0 Å². The second-order valence-electron chi connectivity index (χ2n) is 5.55. The molecule has 0 aromatic carbocycles. The molecule has 0 aromatic heterocycles. The third kappa shape index (κ3) is 9.30. The van der Waals surface area contributed by atoms with Gasteiger partial charge in [0.2, 0.25) is 0 Å². The van der Waals surface area contributed by atoms with Crippen LogP contribution in [0, 0.1) is 0 Å². The largest absolute Gasteiger partial charge is 0.461 e. The highest BCUT2D eigenvalue weighted by Crippen LogP contribution is 2.08. The minimum Gasteiger partial charge on any atom is -0.461 e. The molecule has 1 unspecified atom stereocenters. The number of hydrogen-bond acceptors (Lipinski definition) is 5. The summed E-state index contributed by atoms with van der Waals surface area (Å²) in [4.78, 5) is 23.4. The van der Waals surface area contributed by atoms with E-state index in [4.69, 9.17) is 14.6 Å². The van der Waals surface area contributed by atoms with Gasteiger partial charge in [0, 0.05) is 6.61 Å². The highest BCUT2D eigenvalue weighted by atomic mass is 16.6. The predicted octanol–water partition coefficient (Wildman–Crippen LogP) is 1.60. The molecule has 0 bridgehead atoms. The Labute approximate surface area is 114 Å². The number of rotatable bonds is 6. The van der Waals surface area contributed by atoms with Crippen LogP contribution in [-0.2, 0) is 14.3 Å². The van der Waals surface area contributed by atoms with Gasteiger partial charge in [-0.3, -0.25) is 0 Å². The Kier molecular flexibility index (Phi) is 7.44. The van der Waals surface area contributed by atoms with Gasteiger partial charge in [0.25, 0.3) is 0 Å². The molecule has 0 spiro atoms. The van der Waals surface area contributed by atoms with E-state index in [1.165, 1.54) is 0 Å². The van der Waals surface area contributed by atoms with Crippen molar-refractivity contribution in [1.82, 2.24) is 5.32 Å². The van der Waals surface area contributed by atoms with Crippen molar-refractivity contribution in [2.45, 2.75) is 65.2 Å². The minimum absolute atomic E-state index is 0.0541. The minimum atomic E-state index is -0.801. The fraction of sp³-hybridized carbons (Fsp3) is 0.846. The van der Waals surface area contributed by atoms with E-state index in [9.17, 15) is 9.59 Å². The first-order chi connectivity index (χ1) is 8.65. The number of aliphatic hydroxyl groups is 1. The average molecular weight is 275 g/mol. The van der Waals surface area contributed by atoms with E-state index in [0.29, 0.717) is 12.8 Å². The Morgan fingerprint density at radius 1 is 1.26 bits per heavy atom. The van der Waals surface area contributed by atoms with Gasteiger partial charge < -0.3 is 19.9 Å². The summed E-state index contributed by atoms with van der Waals surface area (Å²) in [5, 5.41) is 11.3. The molecule has 0 aromatic rings. The van der Waals surface area contributed by atoms with Crippen LogP contribution < -0.4 is 5.32 Å². The van der Waals surface area contributed by atoms with Crippen LogP contribution in [0.1, 0.15) is 47.5 Å². The number of hydrogen-bond donors (Lipinski definition) is 2. The van der Waals surface area contributed by atoms with Crippen molar-refractivity contribution in [3.05, 3.63) is 0 Å². The third-order valence-corrected chi connectivity index (χ3v) is 1.98. The molecular weight excluding hydrogens is 250 g/mol. The molecule has 0 aliphatic carbocycles.